The maximum Gasteiger partial charge on any atom is 0.490 e. The summed E-state index contributed by atoms with van der Waals surface area (Å²) in [6.45, 7) is 10.5. The van der Waals surface area contributed by atoms with Crippen molar-refractivity contribution >= 4 is 17.9 Å². The Morgan fingerprint density at radius 3 is 1.95 bits per heavy atom. The predicted octanol–water partition coefficient (Wildman–Crippen LogP) is 4.88. The highest BCUT2D eigenvalue weighted by atomic mass is 19.4. The third-order valence-corrected chi connectivity index (χ3v) is 8.41. The zero-order valence-electron chi connectivity index (χ0n) is 24.1. The SMILES string of the molecule is Cc1cccc(C)c1C(=O)N1CC2CN(CCC(NC(=O)N3CCCC3)c3ccccc3)C[C@H]2C1.O=C(O)C(F)(F)F. The number of nitrogens with zero attached hydrogens (tertiary/aromatic N) is 3. The first-order chi connectivity index (χ1) is 19.9. The normalized spacial score (nSPS) is 21.0. The van der Waals surface area contributed by atoms with Crippen molar-refractivity contribution in [2.45, 2.75) is 45.3 Å². The minimum absolute atomic E-state index is 0.0202. The number of carboxylic acid groups (broad SMARTS) is 1. The number of nitrogens with one attached hydrogen (secondary N) is 1. The van der Waals surface area contributed by atoms with E-state index in [4.69, 9.17) is 9.90 Å². The summed E-state index contributed by atoms with van der Waals surface area (Å²) in [4.78, 5) is 41.5. The van der Waals surface area contributed by atoms with Crippen LogP contribution in [0.15, 0.2) is 48.5 Å². The van der Waals surface area contributed by atoms with E-state index in [1.54, 1.807) is 0 Å². The second-order valence-electron chi connectivity index (χ2n) is 11.5. The first-order valence-corrected chi connectivity index (χ1v) is 14.4. The molecule has 3 aliphatic rings. The molecule has 8 nitrogen and oxygen atoms in total. The minimum atomic E-state index is -5.08. The smallest absolute Gasteiger partial charge is 0.475 e. The van der Waals surface area contributed by atoms with E-state index in [0.29, 0.717) is 11.8 Å². The molecule has 3 heterocycles. The highest BCUT2D eigenvalue weighted by Crippen LogP contribution is 2.33. The highest BCUT2D eigenvalue weighted by molar-refractivity contribution is 5.97. The number of fused-ring (bicyclic) bond motifs is 1. The van der Waals surface area contributed by atoms with Crippen LogP contribution in [0, 0.1) is 25.7 Å². The van der Waals surface area contributed by atoms with Gasteiger partial charge in [0.2, 0.25) is 0 Å². The molecular formula is C31H39F3N4O4. The monoisotopic (exact) mass is 588 g/mol. The van der Waals surface area contributed by atoms with Gasteiger partial charge in [0.1, 0.15) is 0 Å². The molecule has 11 heteroatoms. The highest BCUT2D eigenvalue weighted by Gasteiger charge is 2.42. The lowest BCUT2D eigenvalue weighted by atomic mass is 10.0. The van der Waals surface area contributed by atoms with Gasteiger partial charge in [-0.25, -0.2) is 9.59 Å². The Bertz CT molecular complexity index is 1220. The van der Waals surface area contributed by atoms with Crippen molar-refractivity contribution < 1.29 is 32.7 Å². The van der Waals surface area contributed by atoms with Crippen LogP contribution in [-0.2, 0) is 4.79 Å². The van der Waals surface area contributed by atoms with Gasteiger partial charge >= 0.3 is 18.2 Å². The molecule has 5 rings (SSSR count). The average Bonchev–Trinajstić information content (AvgIpc) is 3.69. The molecule has 0 aromatic heterocycles. The molecule has 0 bridgehead atoms. The first kappa shape index (κ1) is 31.3. The Morgan fingerprint density at radius 1 is 0.881 bits per heavy atom. The molecule has 228 valence electrons. The number of hydrogen-bond acceptors (Lipinski definition) is 4. The van der Waals surface area contributed by atoms with Crippen molar-refractivity contribution in [3.8, 4) is 0 Å². The quantitative estimate of drug-likeness (QED) is 0.502. The first-order valence-electron chi connectivity index (χ1n) is 14.4. The number of halogens is 3. The maximum atomic E-state index is 13.3. The number of aliphatic carboxylic acids is 1. The van der Waals surface area contributed by atoms with Crippen LogP contribution in [0.3, 0.4) is 0 Å². The van der Waals surface area contributed by atoms with Gasteiger partial charge in [0, 0.05) is 51.4 Å². The maximum absolute atomic E-state index is 13.3. The van der Waals surface area contributed by atoms with Gasteiger partial charge in [0.05, 0.1) is 6.04 Å². The minimum Gasteiger partial charge on any atom is -0.475 e. The molecule has 3 amide bonds. The Balaban J connectivity index is 0.000000517. The Labute approximate surface area is 244 Å². The van der Waals surface area contributed by atoms with Crippen LogP contribution in [-0.4, -0.2) is 89.7 Å². The van der Waals surface area contributed by atoms with Crippen molar-refractivity contribution in [1.82, 2.24) is 20.0 Å². The number of hydrogen-bond donors (Lipinski definition) is 2. The van der Waals surface area contributed by atoms with E-state index in [0.717, 1.165) is 81.8 Å². The molecule has 0 spiro atoms. The van der Waals surface area contributed by atoms with E-state index < -0.39 is 12.1 Å². The summed E-state index contributed by atoms with van der Waals surface area (Å²) in [5.74, 6) is -1.49. The molecule has 3 atom stereocenters. The third-order valence-electron chi connectivity index (χ3n) is 8.41. The number of carbonyl (C=O) groups excluding carboxylic acids is 2. The van der Waals surface area contributed by atoms with Gasteiger partial charge in [-0.1, -0.05) is 48.5 Å². The van der Waals surface area contributed by atoms with E-state index in [-0.39, 0.29) is 18.0 Å². The lowest BCUT2D eigenvalue weighted by Gasteiger charge is -2.27. The number of benzene rings is 2. The topological polar surface area (TPSA) is 93.2 Å². The van der Waals surface area contributed by atoms with Crippen molar-refractivity contribution in [2.75, 3.05) is 45.8 Å². The molecule has 2 N–H and O–H groups in total. The van der Waals surface area contributed by atoms with Crippen LogP contribution in [0.25, 0.3) is 0 Å². The van der Waals surface area contributed by atoms with Crippen molar-refractivity contribution in [3.63, 3.8) is 0 Å². The summed E-state index contributed by atoms with van der Waals surface area (Å²) in [5, 5.41) is 10.4. The molecule has 0 aliphatic carbocycles. The van der Waals surface area contributed by atoms with E-state index in [1.165, 1.54) is 5.56 Å². The van der Waals surface area contributed by atoms with Crippen LogP contribution in [0.2, 0.25) is 0 Å². The van der Waals surface area contributed by atoms with Crippen LogP contribution >= 0.6 is 0 Å². The van der Waals surface area contributed by atoms with E-state index in [2.05, 4.69) is 27.2 Å². The number of rotatable bonds is 6. The second kappa shape index (κ2) is 13.6. The molecule has 2 aromatic rings. The Kier molecular flexibility index (Phi) is 10.1. The largest absolute Gasteiger partial charge is 0.490 e. The van der Waals surface area contributed by atoms with E-state index in [1.807, 2.05) is 55.1 Å². The summed E-state index contributed by atoms with van der Waals surface area (Å²) in [5.41, 5.74) is 4.18. The van der Waals surface area contributed by atoms with E-state index >= 15 is 0 Å². The summed E-state index contributed by atoms with van der Waals surface area (Å²) < 4.78 is 31.7. The number of carboxylic acids is 1. The van der Waals surface area contributed by atoms with Gasteiger partial charge in [0.25, 0.3) is 5.91 Å². The molecule has 3 fully saturated rings. The second-order valence-corrected chi connectivity index (χ2v) is 11.5. The van der Waals surface area contributed by atoms with Crippen molar-refractivity contribution in [3.05, 3.63) is 70.8 Å². The van der Waals surface area contributed by atoms with Crippen LogP contribution in [0.1, 0.15) is 52.4 Å². The van der Waals surface area contributed by atoms with Crippen LogP contribution in [0.5, 0.6) is 0 Å². The zero-order valence-corrected chi connectivity index (χ0v) is 24.1. The molecule has 2 unspecified atom stereocenters. The summed E-state index contributed by atoms with van der Waals surface area (Å²) in [7, 11) is 0. The molecule has 3 saturated heterocycles. The fourth-order valence-corrected chi connectivity index (χ4v) is 6.23. The number of amides is 3. The molecule has 2 aromatic carbocycles. The van der Waals surface area contributed by atoms with Crippen molar-refractivity contribution in [2.24, 2.45) is 11.8 Å². The fraction of sp³-hybridized carbons (Fsp3) is 0.516. The van der Waals surface area contributed by atoms with Gasteiger partial charge in [-0.15, -0.1) is 0 Å². The number of urea groups is 1. The Morgan fingerprint density at radius 2 is 1.43 bits per heavy atom. The predicted molar refractivity (Wildman–Crippen MR) is 152 cm³/mol. The lowest BCUT2D eigenvalue weighted by molar-refractivity contribution is -0.192. The Hall–Kier alpha value is -3.60. The number of aryl methyl sites for hydroxylation is 2. The van der Waals surface area contributed by atoms with Gasteiger partial charge in [-0.05, 0) is 61.6 Å². The summed E-state index contributed by atoms with van der Waals surface area (Å²) in [6, 6.07) is 16.5. The number of likely N-dealkylation sites (tertiary alicyclic amines) is 3. The molecule has 42 heavy (non-hydrogen) atoms. The average molecular weight is 589 g/mol. The number of carbonyl (C=O) groups is 3. The number of alkyl halides is 3. The van der Waals surface area contributed by atoms with Gasteiger partial charge < -0.3 is 25.1 Å². The summed E-state index contributed by atoms with van der Waals surface area (Å²) in [6.07, 6.45) is -1.99. The lowest BCUT2D eigenvalue weighted by Crippen LogP contribution is -2.41. The fourth-order valence-electron chi connectivity index (χ4n) is 6.23. The standard InChI is InChI=1S/C29H38N4O2.C2HF3O2/c1-21-9-8-10-22(2)27(21)28(34)33-19-24-17-31(18-25(24)20-33)16-13-26(23-11-4-3-5-12-23)30-29(35)32-14-6-7-15-32;3-2(4,5)1(6)7/h3-5,8-12,24-26H,6-7,13-20H2,1-2H3,(H,30,35);(H,6,7)/t24-,25?,26?;/m0./s1. The zero-order chi connectivity index (χ0) is 30.4. The van der Waals surface area contributed by atoms with Gasteiger partial charge in [-0.2, -0.15) is 13.2 Å². The van der Waals surface area contributed by atoms with Crippen LogP contribution < -0.4 is 5.32 Å². The summed E-state index contributed by atoms with van der Waals surface area (Å²) >= 11 is 0. The van der Waals surface area contributed by atoms with Crippen LogP contribution in [0.4, 0.5) is 18.0 Å². The van der Waals surface area contributed by atoms with E-state index in [9.17, 15) is 22.8 Å². The molecule has 0 radical (unpaired) electrons. The third kappa shape index (κ3) is 7.81. The molecular weight excluding hydrogens is 549 g/mol. The molecule has 3 aliphatic heterocycles. The van der Waals surface area contributed by atoms with Gasteiger partial charge in [0.15, 0.2) is 0 Å². The van der Waals surface area contributed by atoms with Gasteiger partial charge in [-0.3, -0.25) is 4.79 Å². The molecule has 0 saturated carbocycles. The van der Waals surface area contributed by atoms with Crippen molar-refractivity contribution in [1.29, 1.82) is 0 Å².